The number of nitrogens with zero attached hydrogens (tertiary/aromatic N) is 1. The van der Waals surface area contributed by atoms with E-state index in [1.165, 1.54) is 0 Å². The average Bonchev–Trinajstić information content (AvgIpc) is 3.13. The SMILES string of the molecule is COc1cccc(CNC(=O)C2CN(C(=O)c3ccc4c(c3)OCO4)C2)c1. The van der Waals surface area contributed by atoms with E-state index in [1.54, 1.807) is 30.2 Å². The molecule has 1 N–H and O–H groups in total. The van der Waals surface area contributed by atoms with E-state index in [4.69, 9.17) is 14.2 Å². The first-order valence-electron chi connectivity index (χ1n) is 8.73. The van der Waals surface area contributed by atoms with Gasteiger partial charge < -0.3 is 24.4 Å². The van der Waals surface area contributed by atoms with Gasteiger partial charge in [0.15, 0.2) is 11.5 Å². The van der Waals surface area contributed by atoms with Crippen molar-refractivity contribution in [3.63, 3.8) is 0 Å². The molecule has 1 saturated heterocycles. The zero-order valence-electron chi connectivity index (χ0n) is 14.9. The Hall–Kier alpha value is -3.22. The van der Waals surface area contributed by atoms with Crippen molar-refractivity contribution in [1.82, 2.24) is 10.2 Å². The van der Waals surface area contributed by atoms with Crippen molar-refractivity contribution in [3.8, 4) is 17.2 Å². The maximum absolute atomic E-state index is 12.5. The monoisotopic (exact) mass is 368 g/mol. The van der Waals surface area contributed by atoms with E-state index in [2.05, 4.69) is 5.32 Å². The van der Waals surface area contributed by atoms with Crippen LogP contribution in [-0.2, 0) is 11.3 Å². The van der Waals surface area contributed by atoms with Gasteiger partial charge in [0.2, 0.25) is 12.7 Å². The molecule has 0 saturated carbocycles. The third-order valence-corrected chi connectivity index (χ3v) is 4.76. The Morgan fingerprint density at radius 2 is 1.96 bits per heavy atom. The van der Waals surface area contributed by atoms with Crippen LogP contribution in [-0.4, -0.2) is 43.7 Å². The molecule has 27 heavy (non-hydrogen) atoms. The van der Waals surface area contributed by atoms with Crippen LogP contribution in [0.25, 0.3) is 0 Å². The molecule has 0 aliphatic carbocycles. The topological polar surface area (TPSA) is 77.1 Å². The number of rotatable bonds is 5. The van der Waals surface area contributed by atoms with Crippen LogP contribution in [0.5, 0.6) is 17.2 Å². The minimum Gasteiger partial charge on any atom is -0.497 e. The van der Waals surface area contributed by atoms with E-state index >= 15 is 0 Å². The van der Waals surface area contributed by atoms with Gasteiger partial charge in [0.25, 0.3) is 5.91 Å². The number of methoxy groups -OCH3 is 1. The van der Waals surface area contributed by atoms with Gasteiger partial charge >= 0.3 is 0 Å². The van der Waals surface area contributed by atoms with Crippen LogP contribution in [0.2, 0.25) is 0 Å². The van der Waals surface area contributed by atoms with Crippen LogP contribution in [0.15, 0.2) is 42.5 Å². The fraction of sp³-hybridized carbons (Fsp3) is 0.300. The molecule has 7 heteroatoms. The summed E-state index contributed by atoms with van der Waals surface area (Å²) in [4.78, 5) is 26.5. The number of ether oxygens (including phenoxy) is 3. The molecule has 0 unspecified atom stereocenters. The van der Waals surface area contributed by atoms with E-state index in [-0.39, 0.29) is 24.5 Å². The summed E-state index contributed by atoms with van der Waals surface area (Å²) in [6, 6.07) is 12.7. The standard InChI is InChI=1S/C20H20N2O5/c1-25-16-4-2-3-13(7-16)9-21-19(23)15-10-22(11-15)20(24)14-5-6-17-18(8-14)27-12-26-17/h2-8,15H,9-12H2,1H3,(H,21,23). The van der Waals surface area contributed by atoms with Gasteiger partial charge in [-0.1, -0.05) is 12.1 Å². The van der Waals surface area contributed by atoms with Gasteiger partial charge in [-0.05, 0) is 35.9 Å². The van der Waals surface area contributed by atoms with Gasteiger partial charge in [-0.25, -0.2) is 0 Å². The molecule has 4 rings (SSSR count). The summed E-state index contributed by atoms with van der Waals surface area (Å²) in [6.07, 6.45) is 0. The number of benzene rings is 2. The van der Waals surface area contributed by atoms with E-state index < -0.39 is 0 Å². The second kappa shape index (κ2) is 7.19. The molecule has 7 nitrogen and oxygen atoms in total. The predicted molar refractivity (Wildman–Crippen MR) is 96.8 cm³/mol. The van der Waals surface area contributed by atoms with Crippen molar-refractivity contribution in [1.29, 1.82) is 0 Å². The predicted octanol–water partition coefficient (Wildman–Crippen LogP) is 1.81. The second-order valence-corrected chi connectivity index (χ2v) is 6.54. The lowest BCUT2D eigenvalue weighted by Gasteiger charge is -2.38. The molecule has 0 aromatic heterocycles. The lowest BCUT2D eigenvalue weighted by molar-refractivity contribution is -0.129. The highest BCUT2D eigenvalue weighted by molar-refractivity contribution is 5.96. The molecule has 0 radical (unpaired) electrons. The number of fused-ring (bicyclic) bond motifs is 1. The first kappa shape index (κ1) is 17.2. The smallest absolute Gasteiger partial charge is 0.254 e. The molecule has 0 bridgehead atoms. The second-order valence-electron chi connectivity index (χ2n) is 6.54. The van der Waals surface area contributed by atoms with Gasteiger partial charge in [0, 0.05) is 25.2 Å². The van der Waals surface area contributed by atoms with Crippen LogP contribution >= 0.6 is 0 Å². The molecule has 2 aromatic rings. The highest BCUT2D eigenvalue weighted by Gasteiger charge is 2.36. The first-order chi connectivity index (χ1) is 13.1. The zero-order chi connectivity index (χ0) is 18.8. The minimum atomic E-state index is -0.187. The summed E-state index contributed by atoms with van der Waals surface area (Å²) in [5.74, 6) is 1.64. The summed E-state index contributed by atoms with van der Waals surface area (Å²) in [5.41, 5.74) is 1.50. The number of carbonyl (C=O) groups excluding carboxylic acids is 2. The normalized spacial score (nSPS) is 15.2. The number of likely N-dealkylation sites (tertiary alicyclic amines) is 1. The molecular weight excluding hydrogens is 348 g/mol. The number of carbonyl (C=O) groups is 2. The van der Waals surface area contributed by atoms with Crippen LogP contribution in [0, 0.1) is 5.92 Å². The lowest BCUT2D eigenvalue weighted by atomic mass is 9.97. The lowest BCUT2D eigenvalue weighted by Crippen LogP contribution is -2.55. The Bertz CT molecular complexity index is 876. The summed E-state index contributed by atoms with van der Waals surface area (Å²) in [5, 5.41) is 2.92. The molecule has 2 aliphatic heterocycles. The van der Waals surface area contributed by atoms with Gasteiger partial charge in [-0.2, -0.15) is 0 Å². The fourth-order valence-corrected chi connectivity index (χ4v) is 3.14. The third kappa shape index (κ3) is 3.53. The fourth-order valence-electron chi connectivity index (χ4n) is 3.14. The third-order valence-electron chi connectivity index (χ3n) is 4.76. The summed E-state index contributed by atoms with van der Waals surface area (Å²) in [6.45, 7) is 1.43. The molecule has 2 amide bonds. The highest BCUT2D eigenvalue weighted by atomic mass is 16.7. The maximum atomic E-state index is 12.5. The maximum Gasteiger partial charge on any atom is 0.254 e. The highest BCUT2D eigenvalue weighted by Crippen LogP contribution is 2.33. The first-order valence-corrected chi connectivity index (χ1v) is 8.73. The summed E-state index contributed by atoms with van der Waals surface area (Å²) >= 11 is 0. The van der Waals surface area contributed by atoms with Crippen molar-refractivity contribution in [3.05, 3.63) is 53.6 Å². The van der Waals surface area contributed by atoms with Crippen LogP contribution in [0.4, 0.5) is 0 Å². The number of hydrogen-bond donors (Lipinski definition) is 1. The zero-order valence-corrected chi connectivity index (χ0v) is 14.9. The molecule has 2 heterocycles. The summed E-state index contributed by atoms with van der Waals surface area (Å²) < 4.78 is 15.7. The Balaban J connectivity index is 1.28. The van der Waals surface area contributed by atoms with Gasteiger partial charge in [0.1, 0.15) is 5.75 Å². The van der Waals surface area contributed by atoms with Crippen LogP contribution in [0.1, 0.15) is 15.9 Å². The molecular formula is C20H20N2O5. The van der Waals surface area contributed by atoms with Crippen molar-refractivity contribution >= 4 is 11.8 Å². The van der Waals surface area contributed by atoms with E-state index in [0.717, 1.165) is 11.3 Å². The summed E-state index contributed by atoms with van der Waals surface area (Å²) in [7, 11) is 1.61. The molecule has 2 aromatic carbocycles. The van der Waals surface area contributed by atoms with E-state index in [1.807, 2.05) is 24.3 Å². The van der Waals surface area contributed by atoms with Crippen molar-refractivity contribution in [2.45, 2.75) is 6.54 Å². The minimum absolute atomic E-state index is 0.0486. The van der Waals surface area contributed by atoms with Gasteiger partial charge in [-0.15, -0.1) is 0 Å². The Morgan fingerprint density at radius 1 is 1.15 bits per heavy atom. The van der Waals surface area contributed by atoms with Crippen molar-refractivity contribution in [2.75, 3.05) is 27.0 Å². The van der Waals surface area contributed by atoms with Crippen molar-refractivity contribution in [2.24, 2.45) is 5.92 Å². The molecule has 140 valence electrons. The molecule has 1 fully saturated rings. The Labute approximate surface area is 156 Å². The molecule has 0 spiro atoms. The molecule has 0 atom stereocenters. The van der Waals surface area contributed by atoms with Crippen molar-refractivity contribution < 1.29 is 23.8 Å². The van der Waals surface area contributed by atoms with Gasteiger partial charge in [0.05, 0.1) is 13.0 Å². The largest absolute Gasteiger partial charge is 0.497 e. The Kier molecular flexibility index (Phi) is 4.58. The number of hydrogen-bond acceptors (Lipinski definition) is 5. The molecule has 2 aliphatic rings. The quantitative estimate of drug-likeness (QED) is 0.871. The van der Waals surface area contributed by atoms with E-state index in [9.17, 15) is 9.59 Å². The number of amides is 2. The number of nitrogens with one attached hydrogen (secondary N) is 1. The van der Waals surface area contributed by atoms with Crippen LogP contribution in [0.3, 0.4) is 0 Å². The van der Waals surface area contributed by atoms with Gasteiger partial charge in [-0.3, -0.25) is 9.59 Å². The average molecular weight is 368 g/mol. The Morgan fingerprint density at radius 3 is 2.78 bits per heavy atom. The van der Waals surface area contributed by atoms with Crippen LogP contribution < -0.4 is 19.5 Å². The van der Waals surface area contributed by atoms with E-state index in [0.29, 0.717) is 36.7 Å².